The van der Waals surface area contributed by atoms with Gasteiger partial charge in [-0.3, -0.25) is 9.59 Å². The van der Waals surface area contributed by atoms with Crippen LogP contribution in [0, 0.1) is 0 Å². The summed E-state index contributed by atoms with van der Waals surface area (Å²) in [7, 11) is 1.52. The topological polar surface area (TPSA) is 85.3 Å². The summed E-state index contributed by atoms with van der Waals surface area (Å²) in [6.07, 6.45) is 0. The molecule has 2 aromatic carbocycles. The molecule has 1 aliphatic rings. The van der Waals surface area contributed by atoms with Crippen molar-refractivity contribution < 1.29 is 28.9 Å². The Morgan fingerprint density at radius 3 is 2.53 bits per heavy atom. The monoisotopic (exact) mass is 459 g/mol. The van der Waals surface area contributed by atoms with Crippen LogP contribution < -0.4 is 9.47 Å². The predicted molar refractivity (Wildman–Crippen MR) is 121 cm³/mol. The van der Waals surface area contributed by atoms with E-state index < -0.39 is 17.7 Å². The second-order valence-electron chi connectivity index (χ2n) is 7.07. The molecular formula is C24H26ClNO6. The van der Waals surface area contributed by atoms with Crippen molar-refractivity contribution in [2.75, 3.05) is 33.5 Å². The summed E-state index contributed by atoms with van der Waals surface area (Å²) in [4.78, 5) is 27.3. The second-order valence-corrected chi connectivity index (χ2v) is 7.48. The minimum absolute atomic E-state index is 0.00970. The van der Waals surface area contributed by atoms with Crippen LogP contribution in [0.15, 0.2) is 48.0 Å². The standard InChI is InChI=1S/C24H26ClNO6/c1-4-31-17-8-6-7-15(13-17)21-20(23(28)24(29)26(21)11-12-30-3)22(27)16-9-10-18(25)19(14-16)32-5-2/h6-10,13-14,21,27H,4-5,11-12H2,1-3H3/b22-20-. The number of halogens is 1. The molecule has 1 saturated heterocycles. The van der Waals surface area contributed by atoms with Crippen LogP contribution in [0.2, 0.25) is 5.02 Å². The molecule has 32 heavy (non-hydrogen) atoms. The Hall–Kier alpha value is -3.03. The van der Waals surface area contributed by atoms with Crippen LogP contribution in [-0.2, 0) is 14.3 Å². The number of methoxy groups -OCH3 is 1. The summed E-state index contributed by atoms with van der Waals surface area (Å²) >= 11 is 6.16. The van der Waals surface area contributed by atoms with Gasteiger partial charge in [0.15, 0.2) is 0 Å². The number of carbonyl (C=O) groups is 2. The molecule has 0 radical (unpaired) electrons. The lowest BCUT2D eigenvalue weighted by molar-refractivity contribution is -0.140. The predicted octanol–water partition coefficient (Wildman–Crippen LogP) is 4.21. The van der Waals surface area contributed by atoms with E-state index in [9.17, 15) is 14.7 Å². The van der Waals surface area contributed by atoms with Gasteiger partial charge in [0.25, 0.3) is 11.7 Å². The van der Waals surface area contributed by atoms with Crippen molar-refractivity contribution in [3.8, 4) is 11.5 Å². The second kappa shape index (κ2) is 10.5. The van der Waals surface area contributed by atoms with Gasteiger partial charge >= 0.3 is 0 Å². The number of aliphatic hydroxyl groups is 1. The molecule has 1 N–H and O–H groups in total. The molecule has 2 aromatic rings. The molecule has 1 heterocycles. The van der Waals surface area contributed by atoms with Crippen molar-refractivity contribution in [2.45, 2.75) is 19.9 Å². The molecule has 0 spiro atoms. The lowest BCUT2D eigenvalue weighted by Crippen LogP contribution is -2.32. The number of benzene rings is 2. The molecule has 0 aliphatic carbocycles. The summed E-state index contributed by atoms with van der Waals surface area (Å²) in [6.45, 7) is 4.97. The van der Waals surface area contributed by atoms with Crippen molar-refractivity contribution in [1.29, 1.82) is 0 Å². The minimum Gasteiger partial charge on any atom is -0.507 e. The van der Waals surface area contributed by atoms with Gasteiger partial charge in [-0.25, -0.2) is 0 Å². The van der Waals surface area contributed by atoms with E-state index in [1.165, 1.54) is 12.0 Å². The number of hydrogen-bond donors (Lipinski definition) is 1. The Morgan fingerprint density at radius 2 is 1.84 bits per heavy atom. The van der Waals surface area contributed by atoms with E-state index in [4.69, 9.17) is 25.8 Å². The fourth-order valence-electron chi connectivity index (χ4n) is 3.66. The van der Waals surface area contributed by atoms with E-state index >= 15 is 0 Å². The number of rotatable bonds is 9. The zero-order chi connectivity index (χ0) is 23.3. The number of aliphatic hydroxyl groups excluding tert-OH is 1. The van der Waals surface area contributed by atoms with E-state index in [-0.39, 0.29) is 24.5 Å². The van der Waals surface area contributed by atoms with Gasteiger partial charge in [0.05, 0.1) is 36.5 Å². The molecular weight excluding hydrogens is 434 g/mol. The van der Waals surface area contributed by atoms with Gasteiger partial charge in [-0.2, -0.15) is 0 Å². The van der Waals surface area contributed by atoms with E-state index in [0.717, 1.165) is 0 Å². The number of amides is 1. The Morgan fingerprint density at radius 1 is 1.09 bits per heavy atom. The summed E-state index contributed by atoms with van der Waals surface area (Å²) in [6, 6.07) is 11.0. The van der Waals surface area contributed by atoms with E-state index in [0.29, 0.717) is 40.9 Å². The molecule has 0 saturated carbocycles. The molecule has 170 valence electrons. The minimum atomic E-state index is -0.795. The maximum Gasteiger partial charge on any atom is 0.295 e. The molecule has 1 atom stereocenters. The van der Waals surface area contributed by atoms with Crippen LogP contribution in [0.25, 0.3) is 5.76 Å². The molecule has 0 bridgehead atoms. The highest BCUT2D eigenvalue weighted by Crippen LogP contribution is 2.41. The summed E-state index contributed by atoms with van der Waals surface area (Å²) in [5.74, 6) is -0.783. The Bertz CT molecular complexity index is 1030. The number of ether oxygens (including phenoxy) is 3. The smallest absolute Gasteiger partial charge is 0.295 e. The highest BCUT2D eigenvalue weighted by molar-refractivity contribution is 6.46. The van der Waals surface area contributed by atoms with Gasteiger partial charge < -0.3 is 24.2 Å². The fraction of sp³-hybridized carbons (Fsp3) is 0.333. The summed E-state index contributed by atoms with van der Waals surface area (Å²) < 4.78 is 16.2. The quantitative estimate of drug-likeness (QED) is 0.343. The largest absolute Gasteiger partial charge is 0.507 e. The van der Waals surface area contributed by atoms with Gasteiger partial charge in [0.1, 0.15) is 17.3 Å². The first kappa shape index (κ1) is 23.6. The number of ketones is 1. The van der Waals surface area contributed by atoms with Crippen molar-refractivity contribution in [2.24, 2.45) is 0 Å². The lowest BCUT2D eigenvalue weighted by Gasteiger charge is -2.25. The van der Waals surface area contributed by atoms with Crippen molar-refractivity contribution in [3.05, 3.63) is 64.2 Å². The molecule has 3 rings (SSSR count). The molecule has 0 aromatic heterocycles. The van der Waals surface area contributed by atoms with Gasteiger partial charge in [-0.15, -0.1) is 0 Å². The molecule has 1 unspecified atom stereocenters. The van der Waals surface area contributed by atoms with E-state index in [1.54, 1.807) is 42.5 Å². The molecule has 8 heteroatoms. The first-order valence-corrected chi connectivity index (χ1v) is 10.7. The van der Waals surface area contributed by atoms with Gasteiger partial charge in [-0.05, 0) is 49.7 Å². The van der Waals surface area contributed by atoms with Gasteiger partial charge in [0, 0.05) is 19.2 Å². The number of nitrogens with zero attached hydrogens (tertiary/aromatic N) is 1. The lowest BCUT2D eigenvalue weighted by atomic mass is 9.95. The zero-order valence-corrected chi connectivity index (χ0v) is 19.0. The van der Waals surface area contributed by atoms with Crippen LogP contribution in [0.1, 0.15) is 31.0 Å². The molecule has 1 amide bonds. The van der Waals surface area contributed by atoms with E-state index in [1.807, 2.05) is 13.8 Å². The van der Waals surface area contributed by atoms with Crippen LogP contribution in [0.5, 0.6) is 11.5 Å². The van der Waals surface area contributed by atoms with Crippen LogP contribution in [0.3, 0.4) is 0 Å². The van der Waals surface area contributed by atoms with Crippen molar-refractivity contribution in [3.63, 3.8) is 0 Å². The van der Waals surface area contributed by atoms with Crippen LogP contribution >= 0.6 is 11.6 Å². The fourth-order valence-corrected chi connectivity index (χ4v) is 3.83. The maximum atomic E-state index is 13.0. The first-order chi connectivity index (χ1) is 15.4. The Kier molecular flexibility index (Phi) is 7.77. The highest BCUT2D eigenvalue weighted by atomic mass is 35.5. The molecule has 1 fully saturated rings. The van der Waals surface area contributed by atoms with Crippen molar-refractivity contribution >= 4 is 29.1 Å². The third kappa shape index (κ3) is 4.74. The van der Waals surface area contributed by atoms with Crippen LogP contribution in [-0.4, -0.2) is 55.2 Å². The Balaban J connectivity index is 2.16. The summed E-state index contributed by atoms with van der Waals surface area (Å²) in [5.41, 5.74) is 0.963. The SMILES string of the molecule is CCOc1cccc(C2/C(=C(/O)c3ccc(Cl)c(OCC)c3)C(=O)C(=O)N2CCOC)c1. The zero-order valence-electron chi connectivity index (χ0n) is 18.3. The normalized spacial score (nSPS) is 17.6. The van der Waals surface area contributed by atoms with Crippen molar-refractivity contribution in [1.82, 2.24) is 4.90 Å². The number of hydrogen-bond acceptors (Lipinski definition) is 6. The summed E-state index contributed by atoms with van der Waals surface area (Å²) in [5, 5.41) is 11.5. The third-order valence-corrected chi connectivity index (χ3v) is 5.38. The number of likely N-dealkylation sites (tertiary alicyclic amines) is 1. The highest BCUT2D eigenvalue weighted by Gasteiger charge is 2.46. The average molecular weight is 460 g/mol. The molecule has 1 aliphatic heterocycles. The third-order valence-electron chi connectivity index (χ3n) is 5.07. The van der Waals surface area contributed by atoms with Crippen LogP contribution in [0.4, 0.5) is 0 Å². The van der Waals surface area contributed by atoms with Gasteiger partial charge in [0.2, 0.25) is 0 Å². The van der Waals surface area contributed by atoms with Gasteiger partial charge in [-0.1, -0.05) is 23.7 Å². The molecule has 7 nitrogen and oxygen atoms in total. The number of carbonyl (C=O) groups excluding carboxylic acids is 2. The van der Waals surface area contributed by atoms with E-state index in [2.05, 4.69) is 0 Å². The first-order valence-electron chi connectivity index (χ1n) is 10.4. The maximum absolute atomic E-state index is 13.0. The Labute approximate surface area is 192 Å². The number of Topliss-reactive ketones (excluding diaryl/α,β-unsaturated/α-hetero) is 1. The average Bonchev–Trinajstić information content (AvgIpc) is 3.04.